The molecule has 0 aliphatic carbocycles. The van der Waals surface area contributed by atoms with E-state index in [1.165, 1.54) is 32.2 Å². The van der Waals surface area contributed by atoms with E-state index in [0.717, 1.165) is 0 Å². The minimum Gasteiger partial charge on any atom is -0.381 e. The van der Waals surface area contributed by atoms with Crippen LogP contribution in [0.1, 0.15) is 19.4 Å². The van der Waals surface area contributed by atoms with E-state index in [9.17, 15) is 14.3 Å². The predicted octanol–water partition coefficient (Wildman–Crippen LogP) is 1.81. The number of rotatable bonds is 3. The van der Waals surface area contributed by atoms with Crippen LogP contribution in [0.3, 0.4) is 0 Å². The van der Waals surface area contributed by atoms with Crippen LogP contribution in [0, 0.1) is 5.82 Å². The van der Waals surface area contributed by atoms with E-state index < -0.39 is 17.3 Å². The van der Waals surface area contributed by atoms with Gasteiger partial charge >= 0.3 is 0 Å². The number of nitrogens with zero attached hydrogens (tertiary/aromatic N) is 1. The van der Waals surface area contributed by atoms with E-state index in [1.54, 1.807) is 6.07 Å². The molecule has 4 nitrogen and oxygen atoms in total. The maximum atomic E-state index is 13.3. The summed E-state index contributed by atoms with van der Waals surface area (Å²) in [5.41, 5.74) is 0.837. The number of hydrazone groups is 1. The van der Waals surface area contributed by atoms with Crippen molar-refractivity contribution in [3.8, 4) is 0 Å². The molecule has 1 aromatic carbocycles. The van der Waals surface area contributed by atoms with Crippen molar-refractivity contribution in [3.05, 3.63) is 34.1 Å². The van der Waals surface area contributed by atoms with Crippen molar-refractivity contribution in [2.75, 3.05) is 0 Å². The second kappa shape index (κ2) is 5.37. The summed E-state index contributed by atoms with van der Waals surface area (Å²) in [6, 6.07) is 4.46. The lowest BCUT2D eigenvalue weighted by Crippen LogP contribution is -2.39. The Morgan fingerprint density at radius 2 is 2.24 bits per heavy atom. The number of carbonyl (C=O) groups excluding carboxylic acids is 1. The lowest BCUT2D eigenvalue weighted by Gasteiger charge is -2.13. The van der Waals surface area contributed by atoms with E-state index in [-0.39, 0.29) is 5.56 Å². The molecule has 2 N–H and O–H groups in total. The Hall–Kier alpha value is -1.27. The van der Waals surface area contributed by atoms with Gasteiger partial charge in [-0.05, 0) is 32.0 Å². The molecule has 0 bridgehead atoms. The van der Waals surface area contributed by atoms with Crippen molar-refractivity contribution in [1.29, 1.82) is 0 Å². The largest absolute Gasteiger partial charge is 0.381 e. The van der Waals surface area contributed by atoms with E-state index in [4.69, 9.17) is 0 Å². The number of hydrogen-bond acceptors (Lipinski definition) is 3. The first-order valence-corrected chi connectivity index (χ1v) is 5.61. The zero-order valence-electron chi connectivity index (χ0n) is 9.37. The monoisotopic (exact) mass is 302 g/mol. The highest BCUT2D eigenvalue weighted by molar-refractivity contribution is 9.10. The molecule has 0 saturated heterocycles. The molecule has 0 saturated carbocycles. The number of aliphatic hydroxyl groups is 1. The van der Waals surface area contributed by atoms with Crippen LogP contribution in [0.5, 0.6) is 0 Å². The standard InChI is InChI=1S/C11H12BrFN2O2/c1-11(2,17)10(16)15-14-6-7-3-4-8(12)5-9(7)13/h3-6,17H,1-2H3,(H,15,16). The van der Waals surface area contributed by atoms with Crippen LogP contribution in [0.4, 0.5) is 4.39 Å². The summed E-state index contributed by atoms with van der Waals surface area (Å²) in [6.45, 7) is 2.66. The SMILES string of the molecule is CC(C)(O)C(=O)NN=Cc1ccc(Br)cc1F. The van der Waals surface area contributed by atoms with Gasteiger partial charge in [0.1, 0.15) is 11.4 Å². The van der Waals surface area contributed by atoms with Crippen molar-refractivity contribution in [2.24, 2.45) is 5.10 Å². The molecule has 1 amide bonds. The van der Waals surface area contributed by atoms with Gasteiger partial charge in [0, 0.05) is 10.0 Å². The summed E-state index contributed by atoms with van der Waals surface area (Å²) in [4.78, 5) is 11.2. The third-order valence-corrected chi connectivity index (χ3v) is 2.38. The van der Waals surface area contributed by atoms with Gasteiger partial charge in [0.05, 0.1) is 6.21 Å². The molecule has 0 fully saturated rings. The Morgan fingerprint density at radius 3 is 2.76 bits per heavy atom. The Balaban J connectivity index is 2.69. The van der Waals surface area contributed by atoms with Crippen LogP contribution < -0.4 is 5.43 Å². The Bertz CT molecular complexity index is 455. The van der Waals surface area contributed by atoms with Crippen molar-refractivity contribution in [1.82, 2.24) is 5.43 Å². The first-order chi connectivity index (χ1) is 7.80. The van der Waals surface area contributed by atoms with E-state index in [2.05, 4.69) is 26.5 Å². The van der Waals surface area contributed by atoms with Gasteiger partial charge in [-0.15, -0.1) is 0 Å². The second-order valence-electron chi connectivity index (χ2n) is 3.92. The molecule has 17 heavy (non-hydrogen) atoms. The van der Waals surface area contributed by atoms with Gasteiger partial charge in [-0.25, -0.2) is 9.82 Å². The first kappa shape index (κ1) is 13.8. The van der Waals surface area contributed by atoms with Gasteiger partial charge in [-0.2, -0.15) is 5.10 Å². The molecule has 0 atom stereocenters. The van der Waals surface area contributed by atoms with Gasteiger partial charge in [0.2, 0.25) is 0 Å². The predicted molar refractivity (Wildman–Crippen MR) is 66.1 cm³/mol. The summed E-state index contributed by atoms with van der Waals surface area (Å²) < 4.78 is 13.9. The van der Waals surface area contributed by atoms with Crippen molar-refractivity contribution >= 4 is 28.1 Å². The van der Waals surface area contributed by atoms with Crippen molar-refractivity contribution < 1.29 is 14.3 Å². The van der Waals surface area contributed by atoms with Gasteiger partial charge in [0.25, 0.3) is 5.91 Å². The quantitative estimate of drug-likeness (QED) is 0.661. The molecule has 92 valence electrons. The maximum Gasteiger partial charge on any atom is 0.271 e. The molecule has 6 heteroatoms. The van der Waals surface area contributed by atoms with Crippen LogP contribution in [-0.4, -0.2) is 22.8 Å². The zero-order chi connectivity index (χ0) is 13.1. The third kappa shape index (κ3) is 4.24. The second-order valence-corrected chi connectivity index (χ2v) is 4.84. The molecule has 0 radical (unpaired) electrons. The summed E-state index contributed by atoms with van der Waals surface area (Å²) in [7, 11) is 0. The number of carbonyl (C=O) groups is 1. The minimum atomic E-state index is -1.52. The molecule has 0 heterocycles. The van der Waals surface area contributed by atoms with Crippen LogP contribution in [-0.2, 0) is 4.79 Å². The Labute approximate surface area is 107 Å². The number of halogens is 2. The van der Waals surface area contributed by atoms with Gasteiger partial charge < -0.3 is 5.11 Å². The summed E-state index contributed by atoms with van der Waals surface area (Å²) in [5, 5.41) is 12.9. The van der Waals surface area contributed by atoms with Gasteiger partial charge in [0.15, 0.2) is 0 Å². The lowest BCUT2D eigenvalue weighted by molar-refractivity contribution is -0.136. The average molecular weight is 303 g/mol. The summed E-state index contributed by atoms with van der Waals surface area (Å²) in [5.74, 6) is -1.12. The Morgan fingerprint density at radius 1 is 1.59 bits per heavy atom. The first-order valence-electron chi connectivity index (χ1n) is 4.81. The molecular weight excluding hydrogens is 291 g/mol. The number of benzene rings is 1. The molecule has 0 aromatic heterocycles. The Kier molecular flexibility index (Phi) is 4.36. The van der Waals surface area contributed by atoms with Crippen LogP contribution >= 0.6 is 15.9 Å². The molecule has 1 rings (SSSR count). The molecule has 0 spiro atoms. The number of hydrogen-bond donors (Lipinski definition) is 2. The van der Waals surface area contributed by atoms with E-state index >= 15 is 0 Å². The topological polar surface area (TPSA) is 61.7 Å². The van der Waals surface area contributed by atoms with Gasteiger partial charge in [-0.3, -0.25) is 4.79 Å². The summed E-state index contributed by atoms with van der Waals surface area (Å²) in [6.07, 6.45) is 1.17. The van der Waals surface area contributed by atoms with E-state index in [1.807, 2.05) is 0 Å². The van der Waals surface area contributed by atoms with Crippen LogP contribution in [0.2, 0.25) is 0 Å². The number of amides is 1. The van der Waals surface area contributed by atoms with Crippen LogP contribution in [0.25, 0.3) is 0 Å². The lowest BCUT2D eigenvalue weighted by atomic mass is 10.1. The highest BCUT2D eigenvalue weighted by Gasteiger charge is 2.22. The normalized spacial score (nSPS) is 11.8. The fraction of sp³-hybridized carbons (Fsp3) is 0.273. The molecular formula is C11H12BrFN2O2. The summed E-state index contributed by atoms with van der Waals surface area (Å²) >= 11 is 3.13. The fourth-order valence-corrected chi connectivity index (χ4v) is 1.24. The molecule has 0 aliphatic heterocycles. The third-order valence-electron chi connectivity index (χ3n) is 1.89. The van der Waals surface area contributed by atoms with E-state index in [0.29, 0.717) is 4.47 Å². The van der Waals surface area contributed by atoms with Crippen molar-refractivity contribution in [3.63, 3.8) is 0 Å². The average Bonchev–Trinajstić information content (AvgIpc) is 2.19. The fourth-order valence-electron chi connectivity index (χ4n) is 0.903. The van der Waals surface area contributed by atoms with Crippen LogP contribution in [0.15, 0.2) is 27.8 Å². The highest BCUT2D eigenvalue weighted by Crippen LogP contribution is 2.13. The number of nitrogens with one attached hydrogen (secondary N) is 1. The molecule has 1 aromatic rings. The highest BCUT2D eigenvalue weighted by atomic mass is 79.9. The minimum absolute atomic E-state index is 0.240. The van der Waals surface area contributed by atoms with Crippen molar-refractivity contribution in [2.45, 2.75) is 19.4 Å². The molecule has 0 aliphatic rings. The zero-order valence-corrected chi connectivity index (χ0v) is 11.0. The smallest absolute Gasteiger partial charge is 0.271 e. The maximum absolute atomic E-state index is 13.3. The molecule has 0 unspecified atom stereocenters. The van der Waals surface area contributed by atoms with Gasteiger partial charge in [-0.1, -0.05) is 15.9 Å².